The summed E-state index contributed by atoms with van der Waals surface area (Å²) in [5.41, 5.74) is 2.31. The number of benzene rings is 3. The Morgan fingerprint density at radius 1 is 1.16 bits per heavy atom. The third kappa shape index (κ3) is 5.44. The van der Waals surface area contributed by atoms with Gasteiger partial charge in [-0.2, -0.15) is 0 Å². The fourth-order valence-corrected chi connectivity index (χ4v) is 4.26. The lowest BCUT2D eigenvalue weighted by Crippen LogP contribution is -2.11. The van der Waals surface area contributed by atoms with E-state index in [-0.39, 0.29) is 28.8 Å². The van der Waals surface area contributed by atoms with Crippen LogP contribution in [0.25, 0.3) is 6.08 Å². The average Bonchev–Trinajstić information content (AvgIpc) is 3.21. The Hall–Kier alpha value is -4.31. The Bertz CT molecular complexity index is 1490. The smallest absolute Gasteiger partial charge is 0.363 e. The number of carbonyl (C=O) groups is 2. The van der Waals surface area contributed by atoms with Crippen molar-refractivity contribution in [2.45, 2.75) is 20.8 Å². The van der Waals surface area contributed by atoms with Gasteiger partial charge in [0.15, 0.2) is 17.2 Å². The van der Waals surface area contributed by atoms with Gasteiger partial charge in [-0.25, -0.2) is 14.6 Å². The second-order valence-electron chi connectivity index (χ2n) is 8.01. The van der Waals surface area contributed by atoms with Gasteiger partial charge in [0, 0.05) is 17.2 Å². The van der Waals surface area contributed by atoms with E-state index in [2.05, 4.69) is 20.9 Å². The largest absolute Gasteiger partial charge is 0.490 e. The van der Waals surface area contributed by atoms with E-state index in [1.807, 2.05) is 19.1 Å². The van der Waals surface area contributed by atoms with Crippen LogP contribution in [0, 0.1) is 24.0 Å². The number of hydrogen-bond donors (Lipinski definition) is 0. The van der Waals surface area contributed by atoms with Crippen molar-refractivity contribution < 1.29 is 28.7 Å². The SMILES string of the molecule is CCOc1cc(/C=C2\N=C(c3cccc([N+](=O)[O-])c3C)OC2=O)cc(Br)c1OC(=O)c1ccccc1C. The molecule has 4 rings (SSSR count). The number of aryl methyl sites for hydroxylation is 1. The first kappa shape index (κ1) is 25.8. The standard InChI is InChI=1S/C27H21BrN2O7/c1-4-35-23-14-17(12-20(28)24(23)36-26(31)18-9-6-5-8-15(18)2)13-21-27(32)37-25(29-21)19-10-7-11-22(16(19)3)30(33)34/h5-14H,4H2,1-3H3/b21-13-. The molecule has 0 N–H and O–H groups in total. The van der Waals surface area contributed by atoms with Gasteiger partial charge < -0.3 is 14.2 Å². The fraction of sp³-hybridized carbons (Fsp3) is 0.148. The van der Waals surface area contributed by atoms with Gasteiger partial charge in [-0.15, -0.1) is 0 Å². The normalized spacial score (nSPS) is 13.8. The lowest BCUT2D eigenvalue weighted by Gasteiger charge is -2.14. The Morgan fingerprint density at radius 2 is 1.92 bits per heavy atom. The summed E-state index contributed by atoms with van der Waals surface area (Å²) in [6, 6.07) is 14.8. The minimum absolute atomic E-state index is 0.0000836. The van der Waals surface area contributed by atoms with Gasteiger partial charge in [0.25, 0.3) is 5.69 Å². The first-order valence-corrected chi connectivity index (χ1v) is 12.0. The zero-order valence-electron chi connectivity index (χ0n) is 20.1. The maximum absolute atomic E-state index is 12.8. The van der Waals surface area contributed by atoms with Crippen LogP contribution in [0.15, 0.2) is 69.8 Å². The second-order valence-corrected chi connectivity index (χ2v) is 8.86. The van der Waals surface area contributed by atoms with Gasteiger partial charge in [-0.3, -0.25) is 10.1 Å². The van der Waals surface area contributed by atoms with Gasteiger partial charge in [-0.05, 0) is 78.2 Å². The molecule has 0 atom stereocenters. The first-order chi connectivity index (χ1) is 17.7. The van der Waals surface area contributed by atoms with Crippen molar-refractivity contribution in [3.63, 3.8) is 0 Å². The van der Waals surface area contributed by atoms with E-state index in [0.29, 0.717) is 33.3 Å². The highest BCUT2D eigenvalue weighted by Gasteiger charge is 2.28. The molecule has 0 aliphatic carbocycles. The topological polar surface area (TPSA) is 117 Å². The van der Waals surface area contributed by atoms with E-state index in [1.54, 1.807) is 44.2 Å². The maximum atomic E-state index is 12.8. The van der Waals surface area contributed by atoms with Crippen LogP contribution < -0.4 is 9.47 Å². The van der Waals surface area contributed by atoms with Crippen molar-refractivity contribution in [1.82, 2.24) is 0 Å². The molecule has 1 aliphatic rings. The molecule has 0 radical (unpaired) electrons. The number of nitro groups is 1. The number of hydrogen-bond acceptors (Lipinski definition) is 8. The molecule has 0 unspecified atom stereocenters. The van der Waals surface area contributed by atoms with Gasteiger partial charge in [0.1, 0.15) is 0 Å². The molecule has 0 bridgehead atoms. The van der Waals surface area contributed by atoms with Crippen LogP contribution in [-0.2, 0) is 9.53 Å². The molecule has 1 aliphatic heterocycles. The van der Waals surface area contributed by atoms with Crippen LogP contribution >= 0.6 is 15.9 Å². The maximum Gasteiger partial charge on any atom is 0.363 e. The van der Waals surface area contributed by atoms with E-state index < -0.39 is 16.9 Å². The van der Waals surface area contributed by atoms with Gasteiger partial charge in [-0.1, -0.05) is 24.3 Å². The molecule has 0 spiro atoms. The van der Waals surface area contributed by atoms with Gasteiger partial charge in [0.05, 0.1) is 21.6 Å². The summed E-state index contributed by atoms with van der Waals surface area (Å²) in [5.74, 6) is -0.777. The Kier molecular flexibility index (Phi) is 7.49. The van der Waals surface area contributed by atoms with Crippen molar-refractivity contribution >= 4 is 45.5 Å². The zero-order chi connectivity index (χ0) is 26.7. The van der Waals surface area contributed by atoms with E-state index in [9.17, 15) is 19.7 Å². The molecule has 3 aromatic rings. The Labute approximate surface area is 220 Å². The van der Waals surface area contributed by atoms with Crippen molar-refractivity contribution in [3.8, 4) is 11.5 Å². The molecule has 10 heteroatoms. The Morgan fingerprint density at radius 3 is 2.62 bits per heavy atom. The lowest BCUT2D eigenvalue weighted by molar-refractivity contribution is -0.385. The minimum Gasteiger partial charge on any atom is -0.490 e. The highest BCUT2D eigenvalue weighted by atomic mass is 79.9. The molecular weight excluding hydrogens is 544 g/mol. The summed E-state index contributed by atoms with van der Waals surface area (Å²) in [7, 11) is 0. The predicted molar refractivity (Wildman–Crippen MR) is 140 cm³/mol. The van der Waals surface area contributed by atoms with Crippen LogP contribution in [0.5, 0.6) is 11.5 Å². The minimum atomic E-state index is -0.704. The third-order valence-corrected chi connectivity index (χ3v) is 6.14. The molecule has 188 valence electrons. The van der Waals surface area contributed by atoms with Gasteiger partial charge >= 0.3 is 11.9 Å². The molecule has 1 heterocycles. The predicted octanol–water partition coefficient (Wildman–Crippen LogP) is 5.94. The molecule has 0 saturated heterocycles. The number of cyclic esters (lactones) is 1. The molecule has 37 heavy (non-hydrogen) atoms. The molecular formula is C27H21BrN2O7. The molecule has 0 amide bonds. The number of aliphatic imine (C=N–C) groups is 1. The monoisotopic (exact) mass is 564 g/mol. The summed E-state index contributed by atoms with van der Waals surface area (Å²) in [6.07, 6.45) is 1.49. The molecule has 0 aromatic heterocycles. The van der Waals surface area contributed by atoms with E-state index in [4.69, 9.17) is 14.2 Å². The number of carbonyl (C=O) groups excluding carboxylic acids is 2. The highest BCUT2D eigenvalue weighted by molar-refractivity contribution is 9.10. The van der Waals surface area contributed by atoms with E-state index >= 15 is 0 Å². The van der Waals surface area contributed by atoms with Crippen LogP contribution in [0.2, 0.25) is 0 Å². The van der Waals surface area contributed by atoms with Crippen LogP contribution in [0.4, 0.5) is 5.69 Å². The summed E-state index contributed by atoms with van der Waals surface area (Å²) in [5, 5.41) is 11.3. The summed E-state index contributed by atoms with van der Waals surface area (Å²) in [6.45, 7) is 5.47. The number of esters is 2. The zero-order valence-corrected chi connectivity index (χ0v) is 21.7. The summed E-state index contributed by atoms with van der Waals surface area (Å²) in [4.78, 5) is 40.3. The summed E-state index contributed by atoms with van der Waals surface area (Å²) >= 11 is 3.43. The van der Waals surface area contributed by atoms with Crippen LogP contribution in [0.3, 0.4) is 0 Å². The second kappa shape index (κ2) is 10.8. The van der Waals surface area contributed by atoms with Crippen molar-refractivity contribution in [1.29, 1.82) is 0 Å². The van der Waals surface area contributed by atoms with Crippen molar-refractivity contribution in [3.05, 3.63) is 103 Å². The lowest BCUT2D eigenvalue weighted by atomic mass is 10.1. The number of nitrogens with zero attached hydrogens (tertiary/aromatic N) is 2. The Balaban J connectivity index is 1.68. The van der Waals surface area contributed by atoms with Crippen LogP contribution in [-0.4, -0.2) is 29.4 Å². The fourth-order valence-electron chi connectivity index (χ4n) is 3.72. The number of rotatable bonds is 7. The molecule has 0 saturated carbocycles. The number of halogens is 1. The van der Waals surface area contributed by atoms with E-state index in [1.165, 1.54) is 18.2 Å². The third-order valence-electron chi connectivity index (χ3n) is 5.55. The summed E-state index contributed by atoms with van der Waals surface area (Å²) < 4.78 is 17.1. The first-order valence-electron chi connectivity index (χ1n) is 11.2. The highest BCUT2D eigenvalue weighted by Crippen LogP contribution is 2.38. The molecule has 9 nitrogen and oxygen atoms in total. The number of ether oxygens (including phenoxy) is 3. The van der Waals surface area contributed by atoms with Crippen molar-refractivity contribution in [2.24, 2.45) is 4.99 Å². The van der Waals surface area contributed by atoms with Crippen molar-refractivity contribution in [2.75, 3.05) is 6.61 Å². The molecule has 0 fully saturated rings. The number of nitro benzene ring substituents is 1. The average molecular weight is 565 g/mol. The quantitative estimate of drug-likeness (QED) is 0.114. The van der Waals surface area contributed by atoms with Gasteiger partial charge in [0.2, 0.25) is 5.90 Å². The van der Waals surface area contributed by atoms with Crippen LogP contribution in [0.1, 0.15) is 39.5 Å². The molecule has 3 aromatic carbocycles. The van der Waals surface area contributed by atoms with E-state index in [0.717, 1.165) is 5.56 Å².